The van der Waals surface area contributed by atoms with Gasteiger partial charge in [0.05, 0.1) is 0 Å². The van der Waals surface area contributed by atoms with Crippen molar-refractivity contribution in [3.63, 3.8) is 0 Å². The van der Waals surface area contributed by atoms with Crippen LogP contribution < -0.4 is 0 Å². The Labute approximate surface area is 114 Å². The number of hydrogen-bond donors (Lipinski definition) is 1. The summed E-state index contributed by atoms with van der Waals surface area (Å²) in [6.07, 6.45) is 5.48. The van der Waals surface area contributed by atoms with Crippen molar-refractivity contribution < 1.29 is 0 Å². The SMILES string of the molecule is CC(C)c1n[nH]c(=S)n1CCN(C)C1CCCC1. The van der Waals surface area contributed by atoms with E-state index in [0.717, 1.165) is 29.7 Å². The second kappa shape index (κ2) is 5.97. The van der Waals surface area contributed by atoms with E-state index in [-0.39, 0.29) is 0 Å². The molecule has 1 aromatic rings. The maximum absolute atomic E-state index is 5.31. The van der Waals surface area contributed by atoms with Crippen LogP contribution in [0.1, 0.15) is 51.3 Å². The number of H-pyrrole nitrogens is 1. The Kier molecular flexibility index (Phi) is 4.56. The van der Waals surface area contributed by atoms with Gasteiger partial charge in [-0.3, -0.25) is 5.10 Å². The molecule has 102 valence electrons. The van der Waals surface area contributed by atoms with Gasteiger partial charge in [0.15, 0.2) is 4.77 Å². The lowest BCUT2D eigenvalue weighted by Crippen LogP contribution is -2.32. The Morgan fingerprint density at radius 2 is 2.11 bits per heavy atom. The zero-order valence-electron chi connectivity index (χ0n) is 11.6. The third-order valence-corrected chi connectivity index (χ3v) is 4.24. The van der Waals surface area contributed by atoms with E-state index in [4.69, 9.17) is 12.2 Å². The first-order valence-corrected chi connectivity index (χ1v) is 7.35. The summed E-state index contributed by atoms with van der Waals surface area (Å²) in [5.41, 5.74) is 0. The van der Waals surface area contributed by atoms with Gasteiger partial charge in [-0.1, -0.05) is 26.7 Å². The van der Waals surface area contributed by atoms with E-state index in [1.165, 1.54) is 25.7 Å². The fourth-order valence-corrected chi connectivity index (χ4v) is 3.00. The van der Waals surface area contributed by atoms with Gasteiger partial charge in [-0.25, -0.2) is 0 Å². The molecular formula is C13H24N4S. The fourth-order valence-electron chi connectivity index (χ4n) is 2.77. The minimum absolute atomic E-state index is 0.412. The summed E-state index contributed by atoms with van der Waals surface area (Å²) in [7, 11) is 2.23. The van der Waals surface area contributed by atoms with Gasteiger partial charge in [0.2, 0.25) is 0 Å². The first-order chi connectivity index (χ1) is 8.59. The molecule has 0 saturated heterocycles. The zero-order chi connectivity index (χ0) is 13.1. The van der Waals surface area contributed by atoms with Gasteiger partial charge in [0.1, 0.15) is 5.82 Å². The van der Waals surface area contributed by atoms with Crippen molar-refractivity contribution in [2.75, 3.05) is 13.6 Å². The van der Waals surface area contributed by atoms with E-state index >= 15 is 0 Å². The molecule has 0 aliphatic heterocycles. The molecule has 1 aliphatic carbocycles. The smallest absolute Gasteiger partial charge is 0.195 e. The molecule has 2 rings (SSSR count). The van der Waals surface area contributed by atoms with Crippen LogP contribution in [0.25, 0.3) is 0 Å². The molecular weight excluding hydrogens is 244 g/mol. The van der Waals surface area contributed by atoms with Crippen LogP contribution in [-0.2, 0) is 6.54 Å². The van der Waals surface area contributed by atoms with E-state index in [0.29, 0.717) is 5.92 Å². The standard InChI is InChI=1S/C13H24N4S/c1-10(2)12-14-15-13(18)17(12)9-8-16(3)11-6-4-5-7-11/h10-11H,4-9H2,1-3H3,(H,15,18). The topological polar surface area (TPSA) is 36.9 Å². The molecule has 1 N–H and O–H groups in total. The first-order valence-electron chi connectivity index (χ1n) is 6.95. The van der Waals surface area contributed by atoms with Crippen LogP contribution in [0.15, 0.2) is 0 Å². The minimum Gasteiger partial charge on any atom is -0.303 e. The molecule has 1 aliphatic rings. The summed E-state index contributed by atoms with van der Waals surface area (Å²) < 4.78 is 2.89. The summed E-state index contributed by atoms with van der Waals surface area (Å²) in [5, 5.41) is 7.23. The van der Waals surface area contributed by atoms with Gasteiger partial charge in [0.25, 0.3) is 0 Å². The molecule has 5 heteroatoms. The Morgan fingerprint density at radius 3 is 2.72 bits per heavy atom. The molecule has 18 heavy (non-hydrogen) atoms. The van der Waals surface area contributed by atoms with Gasteiger partial charge in [0, 0.05) is 25.0 Å². The normalized spacial score (nSPS) is 17.2. The molecule has 1 aromatic heterocycles. The maximum Gasteiger partial charge on any atom is 0.195 e. The summed E-state index contributed by atoms with van der Waals surface area (Å²) in [6.45, 7) is 6.30. The number of hydrogen-bond acceptors (Lipinski definition) is 3. The van der Waals surface area contributed by atoms with Crippen LogP contribution in [-0.4, -0.2) is 39.3 Å². The third-order valence-electron chi connectivity index (χ3n) is 3.93. The van der Waals surface area contributed by atoms with Crippen molar-refractivity contribution in [2.24, 2.45) is 0 Å². The van der Waals surface area contributed by atoms with Crippen molar-refractivity contribution in [2.45, 2.75) is 58.0 Å². The number of aromatic amines is 1. The van der Waals surface area contributed by atoms with Gasteiger partial charge >= 0.3 is 0 Å². The summed E-state index contributed by atoms with van der Waals surface area (Å²) in [5.74, 6) is 1.48. The van der Waals surface area contributed by atoms with Crippen molar-refractivity contribution in [1.82, 2.24) is 19.7 Å². The predicted octanol–water partition coefficient (Wildman–Crippen LogP) is 2.94. The fraction of sp³-hybridized carbons (Fsp3) is 0.846. The van der Waals surface area contributed by atoms with E-state index < -0.39 is 0 Å². The van der Waals surface area contributed by atoms with E-state index in [1.54, 1.807) is 0 Å². The highest BCUT2D eigenvalue weighted by atomic mass is 32.1. The quantitative estimate of drug-likeness (QED) is 0.834. The Hall–Kier alpha value is -0.680. The number of nitrogens with one attached hydrogen (secondary N) is 1. The van der Waals surface area contributed by atoms with Gasteiger partial charge in [-0.05, 0) is 32.1 Å². The van der Waals surface area contributed by atoms with Crippen molar-refractivity contribution in [3.8, 4) is 0 Å². The second-order valence-corrected chi connectivity index (χ2v) is 6.00. The predicted molar refractivity (Wildman–Crippen MR) is 76.4 cm³/mol. The Morgan fingerprint density at radius 1 is 1.44 bits per heavy atom. The van der Waals surface area contributed by atoms with Crippen LogP contribution in [0.4, 0.5) is 0 Å². The van der Waals surface area contributed by atoms with Crippen molar-refractivity contribution in [3.05, 3.63) is 10.6 Å². The largest absolute Gasteiger partial charge is 0.303 e. The molecule has 0 spiro atoms. The molecule has 0 unspecified atom stereocenters. The average molecular weight is 268 g/mol. The molecule has 0 radical (unpaired) electrons. The summed E-state index contributed by atoms with van der Waals surface area (Å²) in [6, 6.07) is 0.772. The monoisotopic (exact) mass is 268 g/mol. The number of likely N-dealkylation sites (N-methyl/N-ethyl adjacent to an activating group) is 1. The van der Waals surface area contributed by atoms with Crippen LogP contribution in [0.5, 0.6) is 0 Å². The zero-order valence-corrected chi connectivity index (χ0v) is 12.5. The highest BCUT2D eigenvalue weighted by Crippen LogP contribution is 2.22. The van der Waals surface area contributed by atoms with Crippen LogP contribution in [0, 0.1) is 4.77 Å². The van der Waals surface area contributed by atoms with Crippen molar-refractivity contribution in [1.29, 1.82) is 0 Å². The lowest BCUT2D eigenvalue weighted by Gasteiger charge is -2.24. The number of rotatable bonds is 5. The maximum atomic E-state index is 5.31. The summed E-state index contributed by atoms with van der Waals surface area (Å²) >= 11 is 5.31. The van der Waals surface area contributed by atoms with Crippen LogP contribution >= 0.6 is 12.2 Å². The third kappa shape index (κ3) is 3.01. The lowest BCUT2D eigenvalue weighted by molar-refractivity contribution is 0.235. The van der Waals surface area contributed by atoms with Crippen LogP contribution in [0.3, 0.4) is 0 Å². The molecule has 1 saturated carbocycles. The Bertz CT molecular complexity index is 428. The van der Waals surface area contributed by atoms with E-state index in [9.17, 15) is 0 Å². The van der Waals surface area contributed by atoms with E-state index in [1.807, 2.05) is 0 Å². The van der Waals surface area contributed by atoms with Gasteiger partial charge in [-0.2, -0.15) is 5.10 Å². The molecule has 4 nitrogen and oxygen atoms in total. The molecule has 1 fully saturated rings. The lowest BCUT2D eigenvalue weighted by atomic mass is 10.2. The highest BCUT2D eigenvalue weighted by molar-refractivity contribution is 7.71. The first kappa shape index (κ1) is 13.7. The number of nitrogens with zero attached hydrogens (tertiary/aromatic N) is 3. The van der Waals surface area contributed by atoms with Gasteiger partial charge < -0.3 is 9.47 Å². The van der Waals surface area contributed by atoms with Crippen molar-refractivity contribution >= 4 is 12.2 Å². The highest BCUT2D eigenvalue weighted by Gasteiger charge is 2.19. The molecule has 0 amide bonds. The average Bonchev–Trinajstić information content (AvgIpc) is 2.95. The Balaban J connectivity index is 1.97. The van der Waals surface area contributed by atoms with E-state index in [2.05, 4.69) is 40.6 Å². The summed E-state index contributed by atoms with van der Waals surface area (Å²) in [4.78, 5) is 2.48. The molecule has 0 aromatic carbocycles. The minimum atomic E-state index is 0.412. The molecule has 0 bridgehead atoms. The number of aromatic nitrogens is 3. The second-order valence-electron chi connectivity index (χ2n) is 5.61. The van der Waals surface area contributed by atoms with Crippen LogP contribution in [0.2, 0.25) is 0 Å². The molecule has 0 atom stereocenters. The molecule has 1 heterocycles. The van der Waals surface area contributed by atoms with Gasteiger partial charge in [-0.15, -0.1) is 0 Å².